The molecular weight excluding hydrogens is 556 g/mol. The zero-order chi connectivity index (χ0) is 30.8. The minimum Gasteiger partial charge on any atom is -0.507 e. The molecule has 4 N–H and O–H groups in total. The summed E-state index contributed by atoms with van der Waals surface area (Å²) in [6.07, 6.45) is -8.04. The first-order chi connectivity index (χ1) is 19.8. The highest BCUT2D eigenvalue weighted by atomic mass is 16.7. The van der Waals surface area contributed by atoms with Gasteiger partial charge >= 0.3 is 0 Å². The number of fused-ring (bicyclic) bond motifs is 3. The molecule has 2 aromatic carbocycles. The van der Waals surface area contributed by atoms with Gasteiger partial charge in [-0.3, -0.25) is 14.4 Å². The largest absolute Gasteiger partial charge is 0.507 e. The molecule has 1 aliphatic heterocycles. The molecule has 0 bridgehead atoms. The average molecular weight is 589 g/mol. The van der Waals surface area contributed by atoms with Crippen molar-refractivity contribution in [2.75, 3.05) is 28.4 Å². The monoisotopic (exact) mass is 588 g/mol. The highest BCUT2D eigenvalue weighted by molar-refractivity contribution is 6.31. The van der Waals surface area contributed by atoms with Crippen molar-refractivity contribution in [1.29, 1.82) is 0 Å². The predicted octanol–water partition coefficient (Wildman–Crippen LogP) is 1.04. The lowest BCUT2D eigenvalue weighted by molar-refractivity contribution is -0.323. The summed E-state index contributed by atoms with van der Waals surface area (Å²) >= 11 is 0. The van der Waals surface area contributed by atoms with Gasteiger partial charge in [-0.1, -0.05) is 0 Å². The van der Waals surface area contributed by atoms with Gasteiger partial charge in [0.2, 0.25) is 5.78 Å². The third-order valence-corrected chi connectivity index (χ3v) is 8.26. The standard InChI is InChI=1S/C29H32O13/c1-10-23(38-4)22(34)25(39-5)28(41-10)42-24-18-14(26(35)29(2,36)27(24)40-6)9-13-17(21(18)33)20(32)16-12(19(13)31)7-11(37-3)8-15(16)30/h7-10,22-25,27-28,30,33-34,36H,1-6H3/t10-,22-,23+,24+,25-,27+,28-,29+/m0/s1. The van der Waals surface area contributed by atoms with Crippen LogP contribution in [-0.4, -0.2) is 109 Å². The normalized spacial score (nSPS) is 32.3. The van der Waals surface area contributed by atoms with Gasteiger partial charge in [-0.25, -0.2) is 0 Å². The van der Waals surface area contributed by atoms with E-state index in [1.165, 1.54) is 41.4 Å². The van der Waals surface area contributed by atoms with Crippen LogP contribution in [-0.2, 0) is 23.7 Å². The van der Waals surface area contributed by atoms with E-state index in [9.17, 15) is 34.8 Å². The molecule has 8 atom stereocenters. The van der Waals surface area contributed by atoms with Crippen LogP contribution >= 0.6 is 0 Å². The lowest BCUT2D eigenvalue weighted by Gasteiger charge is -2.46. The molecule has 13 heteroatoms. The molecule has 0 radical (unpaired) electrons. The molecule has 1 saturated heterocycles. The van der Waals surface area contributed by atoms with E-state index >= 15 is 0 Å². The van der Waals surface area contributed by atoms with Crippen molar-refractivity contribution in [2.24, 2.45) is 0 Å². The van der Waals surface area contributed by atoms with Crippen molar-refractivity contribution < 1.29 is 63.2 Å². The molecule has 5 rings (SSSR count). The molecule has 2 aliphatic carbocycles. The maximum absolute atomic E-state index is 13.7. The van der Waals surface area contributed by atoms with Crippen molar-refractivity contribution >= 4 is 17.3 Å². The summed E-state index contributed by atoms with van der Waals surface area (Å²) in [5, 5.41) is 44.4. The Kier molecular flexibility index (Phi) is 7.64. The molecule has 0 aromatic heterocycles. The summed E-state index contributed by atoms with van der Waals surface area (Å²) in [7, 11) is 5.25. The van der Waals surface area contributed by atoms with Crippen LogP contribution in [0.15, 0.2) is 18.2 Å². The molecule has 13 nitrogen and oxygen atoms in total. The fraction of sp³-hybridized carbons (Fsp3) is 0.483. The molecule has 1 fully saturated rings. The van der Waals surface area contributed by atoms with Crippen LogP contribution in [0.25, 0.3) is 0 Å². The summed E-state index contributed by atoms with van der Waals surface area (Å²) < 4.78 is 33.5. The van der Waals surface area contributed by atoms with E-state index in [0.29, 0.717) is 0 Å². The molecular formula is C29H32O13. The number of rotatable bonds is 6. The number of methoxy groups -OCH3 is 4. The SMILES string of the molecule is COc1cc(O)c2c(c1)C(=O)c1cc3c(c(O)c1C2=O)[C@@H](O[C@@H]1O[C@@H](C)[C@@H](OC)[C@H](O)[C@@H]1OC)[C@@H](OC)[C@](C)(O)C3=O. The lowest BCUT2D eigenvalue weighted by atomic mass is 9.72. The molecule has 0 unspecified atom stereocenters. The first-order valence-corrected chi connectivity index (χ1v) is 13.1. The van der Waals surface area contributed by atoms with Gasteiger partial charge in [0.05, 0.1) is 24.3 Å². The summed E-state index contributed by atoms with van der Waals surface area (Å²) in [6, 6.07) is 3.53. The number of Topliss-reactive ketones (excluding diaryl/α,β-unsaturated/α-hetero) is 1. The van der Waals surface area contributed by atoms with Gasteiger partial charge in [-0.2, -0.15) is 0 Å². The molecule has 1 heterocycles. The highest BCUT2D eigenvalue weighted by Crippen LogP contribution is 2.49. The Hall–Kier alpha value is -3.43. The Morgan fingerprint density at radius 3 is 2.10 bits per heavy atom. The van der Waals surface area contributed by atoms with E-state index in [4.69, 9.17) is 28.4 Å². The van der Waals surface area contributed by atoms with Crippen LogP contribution in [0.5, 0.6) is 17.2 Å². The van der Waals surface area contributed by atoms with Gasteiger partial charge in [0.25, 0.3) is 0 Å². The fourth-order valence-electron chi connectivity index (χ4n) is 6.14. The number of phenolic OH excluding ortho intramolecular Hbond substituents is 2. The second kappa shape index (κ2) is 10.7. The van der Waals surface area contributed by atoms with Crippen molar-refractivity contribution in [3.8, 4) is 17.2 Å². The zero-order valence-electron chi connectivity index (χ0n) is 23.7. The molecule has 0 saturated carbocycles. The second-order valence-corrected chi connectivity index (χ2v) is 10.6. The van der Waals surface area contributed by atoms with Crippen LogP contribution < -0.4 is 4.74 Å². The molecule has 2 aromatic rings. The third-order valence-electron chi connectivity index (χ3n) is 8.26. The number of aromatic hydroxyl groups is 2. The Balaban J connectivity index is 1.69. The Morgan fingerprint density at radius 2 is 1.50 bits per heavy atom. The van der Waals surface area contributed by atoms with Crippen molar-refractivity contribution in [3.63, 3.8) is 0 Å². The number of ether oxygens (including phenoxy) is 6. The number of aliphatic hydroxyl groups is 2. The lowest BCUT2D eigenvalue weighted by Crippen LogP contribution is -2.61. The topological polar surface area (TPSA) is 188 Å². The summed E-state index contributed by atoms with van der Waals surface area (Å²) in [5.41, 5.74) is -4.09. The maximum Gasteiger partial charge on any atom is 0.201 e. The summed E-state index contributed by atoms with van der Waals surface area (Å²) in [4.78, 5) is 40.9. The number of ketones is 3. The number of hydrogen-bond acceptors (Lipinski definition) is 13. The summed E-state index contributed by atoms with van der Waals surface area (Å²) in [6.45, 7) is 2.83. The van der Waals surface area contributed by atoms with Gasteiger partial charge in [0.1, 0.15) is 47.8 Å². The number of phenols is 2. The van der Waals surface area contributed by atoms with E-state index < -0.39 is 82.9 Å². The fourth-order valence-corrected chi connectivity index (χ4v) is 6.14. The first-order valence-electron chi connectivity index (χ1n) is 13.1. The van der Waals surface area contributed by atoms with Crippen LogP contribution in [0.4, 0.5) is 0 Å². The van der Waals surface area contributed by atoms with E-state index in [1.54, 1.807) is 6.92 Å². The van der Waals surface area contributed by atoms with E-state index in [-0.39, 0.29) is 33.6 Å². The van der Waals surface area contributed by atoms with Gasteiger partial charge < -0.3 is 48.8 Å². The second-order valence-electron chi connectivity index (χ2n) is 10.6. The molecule has 226 valence electrons. The van der Waals surface area contributed by atoms with Crippen molar-refractivity contribution in [2.45, 2.75) is 62.4 Å². The number of carbonyl (C=O) groups excluding carboxylic acids is 3. The molecule has 42 heavy (non-hydrogen) atoms. The predicted molar refractivity (Wildman–Crippen MR) is 141 cm³/mol. The minimum absolute atomic E-state index is 0.112. The number of hydrogen-bond donors (Lipinski definition) is 4. The Labute approximate surface area is 240 Å². The van der Waals surface area contributed by atoms with Crippen LogP contribution in [0, 0.1) is 0 Å². The van der Waals surface area contributed by atoms with Gasteiger partial charge in [-0.15, -0.1) is 0 Å². The van der Waals surface area contributed by atoms with Crippen LogP contribution in [0.1, 0.15) is 67.7 Å². The number of carbonyl (C=O) groups is 3. The zero-order valence-corrected chi connectivity index (χ0v) is 23.7. The summed E-state index contributed by atoms with van der Waals surface area (Å²) in [5.74, 6) is -3.74. The third kappa shape index (κ3) is 4.23. The highest BCUT2D eigenvalue weighted by Gasteiger charge is 2.56. The van der Waals surface area contributed by atoms with Gasteiger partial charge in [0.15, 0.2) is 23.5 Å². The van der Waals surface area contributed by atoms with E-state index in [2.05, 4.69) is 0 Å². The molecule has 0 spiro atoms. The Bertz CT molecular complexity index is 1460. The minimum atomic E-state index is -2.23. The van der Waals surface area contributed by atoms with Crippen LogP contribution in [0.3, 0.4) is 0 Å². The average Bonchev–Trinajstić information content (AvgIpc) is 2.94. The maximum atomic E-state index is 13.7. The van der Waals surface area contributed by atoms with Crippen molar-refractivity contribution in [3.05, 3.63) is 51.6 Å². The van der Waals surface area contributed by atoms with E-state index in [1.807, 2.05) is 0 Å². The number of benzene rings is 2. The number of aliphatic hydroxyl groups excluding tert-OH is 1. The van der Waals surface area contributed by atoms with Gasteiger partial charge in [-0.05, 0) is 26.0 Å². The molecule has 3 aliphatic rings. The van der Waals surface area contributed by atoms with Crippen LogP contribution in [0.2, 0.25) is 0 Å². The Morgan fingerprint density at radius 1 is 0.857 bits per heavy atom. The smallest absolute Gasteiger partial charge is 0.201 e. The molecule has 0 amide bonds. The van der Waals surface area contributed by atoms with Gasteiger partial charge in [0, 0.05) is 49.6 Å². The first kappa shape index (κ1) is 30.0. The van der Waals surface area contributed by atoms with E-state index in [0.717, 1.165) is 12.1 Å². The van der Waals surface area contributed by atoms with Crippen molar-refractivity contribution in [1.82, 2.24) is 0 Å². The quantitative estimate of drug-likeness (QED) is 0.320.